The Morgan fingerprint density at radius 1 is 1.17 bits per heavy atom. The van der Waals surface area contributed by atoms with Crippen LogP contribution in [0.25, 0.3) is 0 Å². The lowest BCUT2D eigenvalue weighted by Gasteiger charge is -2.17. The molecule has 1 aromatic rings. The molecule has 0 unspecified atom stereocenters. The van der Waals surface area contributed by atoms with E-state index in [2.05, 4.69) is 0 Å². The number of carbonyl (C=O) groups excluding carboxylic acids is 2. The van der Waals surface area contributed by atoms with E-state index in [4.69, 9.17) is 27.9 Å². The molecule has 0 aliphatic carbocycles. The molecule has 0 amide bonds. The molecule has 0 aromatic heterocycles. The van der Waals surface area contributed by atoms with Crippen molar-refractivity contribution in [3.63, 3.8) is 0 Å². The predicted molar refractivity (Wildman–Crippen MR) is 88.4 cm³/mol. The second-order valence-electron chi connectivity index (χ2n) is 4.56. The molecule has 0 heterocycles. The molecule has 1 rings (SSSR count). The van der Waals surface area contributed by atoms with Crippen LogP contribution in [-0.4, -0.2) is 36.3 Å². The predicted octanol–water partition coefficient (Wildman–Crippen LogP) is 4.10. The molecule has 0 saturated carbocycles. The highest BCUT2D eigenvalue weighted by atomic mass is 35.5. The molecule has 4 nitrogen and oxygen atoms in total. The third-order valence-electron chi connectivity index (χ3n) is 3.12. The Hall–Kier alpha value is -1.59. The van der Waals surface area contributed by atoms with Crippen LogP contribution in [0.3, 0.4) is 0 Å². The molecular formula is C16H18Cl2FNO3. The molecule has 0 saturated heterocycles. The zero-order valence-corrected chi connectivity index (χ0v) is 14.7. The van der Waals surface area contributed by atoms with E-state index in [0.717, 1.165) is 12.1 Å². The molecule has 7 heteroatoms. The molecule has 0 atom stereocenters. The number of ether oxygens (including phenoxy) is 1. The standard InChI is InChI=1S/C16H18Cl2FNO3/c1-4-20(5-2)9-11(16(22)23-6-3)15(21)10-7-14(19)13(18)8-12(10)17/h7-9H,4-6H2,1-3H3. The summed E-state index contributed by atoms with van der Waals surface area (Å²) in [5.74, 6) is -2.28. The number of ketones is 1. The van der Waals surface area contributed by atoms with Gasteiger partial charge in [-0.15, -0.1) is 0 Å². The van der Waals surface area contributed by atoms with Gasteiger partial charge in [-0.1, -0.05) is 23.2 Å². The monoisotopic (exact) mass is 361 g/mol. The van der Waals surface area contributed by atoms with Crippen LogP contribution in [0.4, 0.5) is 4.39 Å². The van der Waals surface area contributed by atoms with E-state index in [1.807, 2.05) is 13.8 Å². The lowest BCUT2D eigenvalue weighted by atomic mass is 10.0. The van der Waals surface area contributed by atoms with Gasteiger partial charge < -0.3 is 9.64 Å². The van der Waals surface area contributed by atoms with Gasteiger partial charge in [0.25, 0.3) is 0 Å². The third kappa shape index (κ3) is 4.94. The smallest absolute Gasteiger partial charge is 0.343 e. The van der Waals surface area contributed by atoms with Gasteiger partial charge in [0.1, 0.15) is 11.4 Å². The molecule has 0 fully saturated rings. The molecule has 0 N–H and O–H groups in total. The quantitative estimate of drug-likeness (QED) is 0.183. The summed E-state index contributed by atoms with van der Waals surface area (Å²) in [5, 5.41) is -0.229. The van der Waals surface area contributed by atoms with Crippen LogP contribution in [0.1, 0.15) is 31.1 Å². The second kappa shape index (κ2) is 8.89. The first kappa shape index (κ1) is 19.5. The summed E-state index contributed by atoms with van der Waals surface area (Å²) in [4.78, 5) is 26.5. The Kier molecular flexibility index (Phi) is 7.52. The van der Waals surface area contributed by atoms with Crippen LogP contribution in [0.2, 0.25) is 10.0 Å². The van der Waals surface area contributed by atoms with Crippen LogP contribution in [0.15, 0.2) is 23.9 Å². The van der Waals surface area contributed by atoms with Gasteiger partial charge in [-0.05, 0) is 32.9 Å². The third-order valence-corrected chi connectivity index (χ3v) is 3.72. The summed E-state index contributed by atoms with van der Waals surface area (Å²) in [5.41, 5.74) is -0.348. The molecule has 23 heavy (non-hydrogen) atoms. The average Bonchev–Trinajstić information content (AvgIpc) is 2.51. The number of nitrogens with zero attached hydrogens (tertiary/aromatic N) is 1. The van der Waals surface area contributed by atoms with Crippen molar-refractivity contribution < 1.29 is 18.7 Å². The molecule has 126 valence electrons. The summed E-state index contributed by atoms with van der Waals surface area (Å²) < 4.78 is 18.6. The molecular weight excluding hydrogens is 344 g/mol. The van der Waals surface area contributed by atoms with Crippen LogP contribution >= 0.6 is 23.2 Å². The van der Waals surface area contributed by atoms with Crippen LogP contribution < -0.4 is 0 Å². The normalized spacial score (nSPS) is 11.3. The minimum absolute atomic E-state index is 0.0313. The van der Waals surface area contributed by atoms with E-state index < -0.39 is 17.6 Å². The number of hydrogen-bond acceptors (Lipinski definition) is 4. The first-order chi connectivity index (χ1) is 10.8. The number of benzene rings is 1. The Bertz CT molecular complexity index is 628. The number of halogens is 3. The Morgan fingerprint density at radius 3 is 2.30 bits per heavy atom. The van der Waals surface area contributed by atoms with E-state index >= 15 is 0 Å². The summed E-state index contributed by atoms with van der Waals surface area (Å²) >= 11 is 11.6. The fraction of sp³-hybridized carbons (Fsp3) is 0.375. The average molecular weight is 362 g/mol. The van der Waals surface area contributed by atoms with Gasteiger partial charge in [0.15, 0.2) is 0 Å². The number of esters is 1. The van der Waals surface area contributed by atoms with Gasteiger partial charge in [-0.25, -0.2) is 9.18 Å². The van der Waals surface area contributed by atoms with Gasteiger partial charge in [-0.2, -0.15) is 0 Å². The van der Waals surface area contributed by atoms with E-state index in [1.54, 1.807) is 11.8 Å². The highest BCUT2D eigenvalue weighted by molar-refractivity contribution is 6.39. The van der Waals surface area contributed by atoms with E-state index in [1.165, 1.54) is 6.20 Å². The van der Waals surface area contributed by atoms with Gasteiger partial charge in [0.2, 0.25) is 5.78 Å². The van der Waals surface area contributed by atoms with Crippen molar-refractivity contribution in [2.75, 3.05) is 19.7 Å². The topological polar surface area (TPSA) is 46.6 Å². The fourth-order valence-corrected chi connectivity index (χ4v) is 2.31. The maximum atomic E-state index is 13.6. The highest BCUT2D eigenvalue weighted by Crippen LogP contribution is 2.26. The van der Waals surface area contributed by atoms with Gasteiger partial charge in [0, 0.05) is 24.9 Å². The summed E-state index contributed by atoms with van der Waals surface area (Å²) in [6.07, 6.45) is 1.41. The fourth-order valence-electron chi connectivity index (χ4n) is 1.84. The minimum Gasteiger partial charge on any atom is -0.462 e. The van der Waals surface area contributed by atoms with Crippen molar-refractivity contribution in [1.82, 2.24) is 4.90 Å². The molecule has 0 aliphatic heterocycles. The molecule has 0 spiro atoms. The lowest BCUT2D eigenvalue weighted by Crippen LogP contribution is -2.23. The SMILES string of the molecule is CCOC(=O)C(=CN(CC)CC)C(=O)c1cc(F)c(Cl)cc1Cl. The number of hydrogen-bond donors (Lipinski definition) is 0. The van der Waals surface area contributed by atoms with Crippen LogP contribution in [0, 0.1) is 5.82 Å². The number of rotatable bonds is 7. The van der Waals surface area contributed by atoms with Crippen LogP contribution in [-0.2, 0) is 9.53 Å². The Labute approximate surface area is 144 Å². The summed E-state index contributed by atoms with van der Waals surface area (Å²) in [6.45, 7) is 6.69. The maximum absolute atomic E-state index is 13.6. The van der Waals surface area contributed by atoms with Crippen molar-refractivity contribution in [3.8, 4) is 0 Å². The molecule has 0 radical (unpaired) electrons. The number of carbonyl (C=O) groups is 2. The first-order valence-electron chi connectivity index (χ1n) is 7.17. The van der Waals surface area contributed by atoms with Crippen molar-refractivity contribution in [2.24, 2.45) is 0 Å². The van der Waals surface area contributed by atoms with Crippen LogP contribution in [0.5, 0.6) is 0 Å². The zero-order chi connectivity index (χ0) is 17.6. The van der Waals surface area contributed by atoms with Crippen molar-refractivity contribution >= 4 is 35.0 Å². The van der Waals surface area contributed by atoms with Crippen molar-refractivity contribution in [3.05, 3.63) is 45.3 Å². The highest BCUT2D eigenvalue weighted by Gasteiger charge is 2.25. The van der Waals surface area contributed by atoms with Gasteiger partial charge in [0.05, 0.1) is 16.7 Å². The van der Waals surface area contributed by atoms with Gasteiger partial charge in [-0.3, -0.25) is 4.79 Å². The Balaban J connectivity index is 3.34. The summed E-state index contributed by atoms with van der Waals surface area (Å²) in [7, 11) is 0. The first-order valence-corrected chi connectivity index (χ1v) is 7.93. The number of Topliss-reactive ketones (excluding diaryl/α,β-unsaturated/α-hetero) is 1. The largest absolute Gasteiger partial charge is 0.462 e. The van der Waals surface area contributed by atoms with Crippen molar-refractivity contribution in [1.29, 1.82) is 0 Å². The second-order valence-corrected chi connectivity index (χ2v) is 5.37. The molecule has 1 aromatic carbocycles. The van der Waals surface area contributed by atoms with E-state index in [-0.39, 0.29) is 27.8 Å². The summed E-state index contributed by atoms with van der Waals surface area (Å²) in [6, 6.07) is 2.05. The zero-order valence-electron chi connectivity index (χ0n) is 13.2. The van der Waals surface area contributed by atoms with Crippen molar-refractivity contribution in [2.45, 2.75) is 20.8 Å². The Morgan fingerprint density at radius 2 is 1.78 bits per heavy atom. The lowest BCUT2D eigenvalue weighted by molar-refractivity contribution is -0.138. The van der Waals surface area contributed by atoms with E-state index in [9.17, 15) is 14.0 Å². The van der Waals surface area contributed by atoms with Gasteiger partial charge >= 0.3 is 5.97 Å². The molecule has 0 aliphatic rings. The minimum atomic E-state index is -0.787. The maximum Gasteiger partial charge on any atom is 0.343 e. The van der Waals surface area contributed by atoms with E-state index in [0.29, 0.717) is 13.1 Å². The molecule has 0 bridgehead atoms.